The van der Waals surface area contributed by atoms with Crippen molar-refractivity contribution in [2.24, 2.45) is 0 Å². The maximum Gasteiger partial charge on any atom is 0.218 e. The third-order valence-corrected chi connectivity index (χ3v) is 1.76. The molecule has 3 nitrogen and oxygen atoms in total. The van der Waals surface area contributed by atoms with Gasteiger partial charge in [0.1, 0.15) is 0 Å². The number of hydrogen-bond acceptors (Lipinski definition) is 2. The lowest BCUT2D eigenvalue weighted by molar-refractivity contribution is -0.119. The fourth-order valence-corrected chi connectivity index (χ4v) is 1.18. The minimum absolute atomic E-state index is 0.0232. The molecule has 0 saturated carbocycles. The summed E-state index contributed by atoms with van der Waals surface area (Å²) in [5, 5.41) is 5.98. The summed E-state index contributed by atoms with van der Waals surface area (Å²) in [4.78, 5) is 10.6. The van der Waals surface area contributed by atoms with Crippen LogP contribution in [0.3, 0.4) is 0 Å². The van der Waals surface area contributed by atoms with Crippen molar-refractivity contribution < 1.29 is 4.79 Å². The van der Waals surface area contributed by atoms with Gasteiger partial charge in [-0.1, -0.05) is 12.2 Å². The predicted molar refractivity (Wildman–Crippen MR) is 44.0 cm³/mol. The quantitative estimate of drug-likeness (QED) is 0.536. The van der Waals surface area contributed by atoms with Crippen molar-refractivity contribution >= 4 is 5.91 Å². The lowest BCUT2D eigenvalue weighted by Crippen LogP contribution is -2.47. The second-order valence-electron chi connectivity index (χ2n) is 2.92. The van der Waals surface area contributed by atoms with Gasteiger partial charge in [0.15, 0.2) is 0 Å². The van der Waals surface area contributed by atoms with Crippen molar-refractivity contribution in [1.29, 1.82) is 0 Å². The highest BCUT2D eigenvalue weighted by Gasteiger charge is 2.14. The monoisotopic (exact) mass is 154 g/mol. The smallest absolute Gasteiger partial charge is 0.218 e. The first-order chi connectivity index (χ1) is 5.18. The molecule has 1 atom stereocenters. The summed E-state index contributed by atoms with van der Waals surface area (Å²) in [6, 6.07) is 0. The summed E-state index contributed by atoms with van der Waals surface area (Å²) < 4.78 is 0. The zero-order valence-electron chi connectivity index (χ0n) is 6.81. The summed E-state index contributed by atoms with van der Waals surface area (Å²) in [5.74, 6) is 0.0232. The van der Waals surface area contributed by atoms with E-state index in [-0.39, 0.29) is 12.1 Å². The van der Waals surface area contributed by atoms with Gasteiger partial charge in [0.2, 0.25) is 5.91 Å². The van der Waals surface area contributed by atoms with E-state index in [2.05, 4.69) is 17.2 Å². The molecule has 1 saturated heterocycles. The fraction of sp³-hybridized carbons (Fsp3) is 0.625. The number of carbonyl (C=O) groups excluding carboxylic acids is 1. The molecule has 0 aromatic rings. The van der Waals surface area contributed by atoms with E-state index in [1.807, 2.05) is 0 Å². The van der Waals surface area contributed by atoms with Crippen molar-refractivity contribution in [3.63, 3.8) is 0 Å². The van der Waals surface area contributed by atoms with E-state index in [1.54, 1.807) is 0 Å². The lowest BCUT2D eigenvalue weighted by Gasteiger charge is -2.25. The van der Waals surface area contributed by atoms with Gasteiger partial charge >= 0.3 is 0 Å². The summed E-state index contributed by atoms with van der Waals surface area (Å²) in [7, 11) is 0. The van der Waals surface area contributed by atoms with Gasteiger partial charge in [0.05, 0.1) is 6.17 Å². The number of hydrogen-bond donors (Lipinski definition) is 2. The van der Waals surface area contributed by atoms with Crippen LogP contribution in [0.1, 0.15) is 19.8 Å². The Labute approximate surface area is 66.9 Å². The molecule has 0 spiro atoms. The average Bonchev–Trinajstić information content (AvgIpc) is 1.93. The van der Waals surface area contributed by atoms with Crippen LogP contribution in [0.25, 0.3) is 0 Å². The van der Waals surface area contributed by atoms with Gasteiger partial charge < -0.3 is 5.32 Å². The van der Waals surface area contributed by atoms with Gasteiger partial charge in [-0.3, -0.25) is 10.1 Å². The number of carbonyl (C=O) groups is 1. The number of amides is 1. The van der Waals surface area contributed by atoms with Gasteiger partial charge in [0.25, 0.3) is 0 Å². The van der Waals surface area contributed by atoms with Gasteiger partial charge in [0, 0.05) is 13.5 Å². The third kappa shape index (κ3) is 2.72. The van der Waals surface area contributed by atoms with E-state index in [4.69, 9.17) is 0 Å². The molecular weight excluding hydrogens is 140 g/mol. The summed E-state index contributed by atoms with van der Waals surface area (Å²) in [6.45, 7) is 6.21. The first-order valence-corrected chi connectivity index (χ1v) is 3.85. The van der Waals surface area contributed by atoms with Crippen molar-refractivity contribution in [3.8, 4) is 0 Å². The highest BCUT2D eigenvalue weighted by Crippen LogP contribution is 2.08. The molecule has 0 aromatic carbocycles. The van der Waals surface area contributed by atoms with Crippen LogP contribution in [-0.4, -0.2) is 18.6 Å². The van der Waals surface area contributed by atoms with Crippen molar-refractivity contribution in [3.05, 3.63) is 12.2 Å². The maximum absolute atomic E-state index is 10.6. The van der Waals surface area contributed by atoms with E-state index < -0.39 is 0 Å². The zero-order valence-corrected chi connectivity index (χ0v) is 6.81. The normalized spacial score (nSPS) is 24.8. The third-order valence-electron chi connectivity index (χ3n) is 1.76. The molecule has 62 valence electrons. The summed E-state index contributed by atoms with van der Waals surface area (Å²) in [5.41, 5.74) is 1.21. The van der Waals surface area contributed by atoms with Crippen LogP contribution in [0.5, 0.6) is 0 Å². The minimum Gasteiger partial charge on any atom is -0.341 e. The van der Waals surface area contributed by atoms with Crippen molar-refractivity contribution in [1.82, 2.24) is 10.6 Å². The minimum atomic E-state index is 0.0232. The van der Waals surface area contributed by atoms with Crippen LogP contribution >= 0.6 is 0 Å². The molecule has 1 amide bonds. The molecule has 2 N–H and O–H groups in total. The average molecular weight is 154 g/mol. The van der Waals surface area contributed by atoms with Gasteiger partial charge in [-0.2, -0.15) is 0 Å². The van der Waals surface area contributed by atoms with Gasteiger partial charge in [-0.15, -0.1) is 0 Å². The number of rotatable bonds is 1. The van der Waals surface area contributed by atoms with Gasteiger partial charge in [-0.25, -0.2) is 0 Å². The van der Waals surface area contributed by atoms with E-state index in [0.717, 1.165) is 19.4 Å². The molecule has 3 heteroatoms. The largest absolute Gasteiger partial charge is 0.341 e. The second-order valence-corrected chi connectivity index (χ2v) is 2.92. The molecular formula is C8H14N2O. The SMILES string of the molecule is C=C1CCC(NC(C)=O)NC1. The Kier molecular flexibility index (Phi) is 2.65. The zero-order chi connectivity index (χ0) is 8.27. The topological polar surface area (TPSA) is 41.1 Å². The highest BCUT2D eigenvalue weighted by molar-refractivity contribution is 5.73. The Hall–Kier alpha value is -0.830. The van der Waals surface area contributed by atoms with E-state index >= 15 is 0 Å². The number of piperidine rings is 1. The standard InChI is InChI=1S/C8H14N2O/c1-6-3-4-8(9-5-6)10-7(2)11/h8-9H,1,3-5H2,2H3,(H,10,11). The van der Waals surface area contributed by atoms with Crippen LogP contribution in [0.15, 0.2) is 12.2 Å². The van der Waals surface area contributed by atoms with E-state index in [0.29, 0.717) is 0 Å². The second kappa shape index (κ2) is 3.53. The molecule has 1 fully saturated rings. The van der Waals surface area contributed by atoms with E-state index in [1.165, 1.54) is 12.5 Å². The fourth-order valence-electron chi connectivity index (χ4n) is 1.18. The lowest BCUT2D eigenvalue weighted by atomic mass is 10.1. The highest BCUT2D eigenvalue weighted by atomic mass is 16.1. The molecule has 1 aliphatic rings. The van der Waals surface area contributed by atoms with Crippen LogP contribution in [0.2, 0.25) is 0 Å². The summed E-state index contributed by atoms with van der Waals surface area (Å²) >= 11 is 0. The Bertz CT molecular complexity index is 167. The van der Waals surface area contributed by atoms with Crippen LogP contribution in [0.4, 0.5) is 0 Å². The van der Waals surface area contributed by atoms with Gasteiger partial charge in [-0.05, 0) is 12.8 Å². The molecule has 1 rings (SSSR count). The Morgan fingerprint density at radius 2 is 2.55 bits per heavy atom. The molecule has 1 aliphatic heterocycles. The molecule has 11 heavy (non-hydrogen) atoms. The molecule has 0 aromatic heterocycles. The molecule has 0 aliphatic carbocycles. The Morgan fingerprint density at radius 1 is 1.82 bits per heavy atom. The summed E-state index contributed by atoms with van der Waals surface area (Å²) in [6.07, 6.45) is 2.12. The van der Waals surface area contributed by atoms with Crippen LogP contribution in [-0.2, 0) is 4.79 Å². The Morgan fingerprint density at radius 3 is 3.00 bits per heavy atom. The van der Waals surface area contributed by atoms with Crippen LogP contribution in [0, 0.1) is 0 Å². The first kappa shape index (κ1) is 8.27. The molecule has 1 heterocycles. The molecule has 0 radical (unpaired) electrons. The van der Waals surface area contributed by atoms with Crippen molar-refractivity contribution in [2.45, 2.75) is 25.9 Å². The first-order valence-electron chi connectivity index (χ1n) is 3.85. The number of nitrogens with one attached hydrogen (secondary N) is 2. The maximum atomic E-state index is 10.6. The predicted octanol–water partition coefficient (Wildman–Crippen LogP) is 0.388. The molecule has 0 bridgehead atoms. The van der Waals surface area contributed by atoms with E-state index in [9.17, 15) is 4.79 Å². The van der Waals surface area contributed by atoms with Crippen molar-refractivity contribution in [2.75, 3.05) is 6.54 Å². The van der Waals surface area contributed by atoms with Crippen LogP contribution < -0.4 is 10.6 Å². The Balaban J connectivity index is 2.28. The molecule has 1 unspecified atom stereocenters.